The van der Waals surface area contributed by atoms with Crippen molar-refractivity contribution in [2.45, 2.75) is 18.4 Å². The summed E-state index contributed by atoms with van der Waals surface area (Å²) in [6.45, 7) is 1.37. The predicted octanol–water partition coefficient (Wildman–Crippen LogP) is 3.40. The summed E-state index contributed by atoms with van der Waals surface area (Å²) in [5, 5.41) is 12.5. The highest BCUT2D eigenvalue weighted by Gasteiger charge is 2.24. The Morgan fingerprint density at radius 1 is 1.20 bits per heavy atom. The Balaban J connectivity index is 1.78. The van der Waals surface area contributed by atoms with Crippen LogP contribution in [0.4, 0.5) is 0 Å². The highest BCUT2D eigenvalue weighted by Crippen LogP contribution is 2.26. The third-order valence-corrected chi connectivity index (χ3v) is 4.53. The first-order chi connectivity index (χ1) is 12.0. The molecule has 1 heterocycles. The number of hydrogen-bond acceptors (Lipinski definition) is 3. The second-order valence-corrected chi connectivity index (χ2v) is 6.42. The number of aliphatic carboxylic acids is 1. The van der Waals surface area contributed by atoms with Gasteiger partial charge in [0.2, 0.25) is 0 Å². The van der Waals surface area contributed by atoms with E-state index in [-0.39, 0.29) is 5.92 Å². The van der Waals surface area contributed by atoms with Gasteiger partial charge in [0.1, 0.15) is 0 Å². The third kappa shape index (κ3) is 4.18. The standard InChI is InChI=1S/C19H18ClNO4/c20-16-6-4-12(5-7-16)17(19(23)24)21-18(22)14-3-1-2-13(10-14)15-8-9-25-11-15/h1-7,10,15,17H,8-9,11H2,(H,21,22)(H,23,24). The topological polar surface area (TPSA) is 75.6 Å². The molecule has 1 fully saturated rings. The predicted molar refractivity (Wildman–Crippen MR) is 93.9 cm³/mol. The molecule has 2 unspecified atom stereocenters. The number of carboxylic acid groups (broad SMARTS) is 1. The Bertz CT molecular complexity index is 769. The smallest absolute Gasteiger partial charge is 0.330 e. The Morgan fingerprint density at radius 3 is 2.60 bits per heavy atom. The number of rotatable bonds is 5. The Kier molecular flexibility index (Phi) is 5.36. The number of carbonyl (C=O) groups excluding carboxylic acids is 1. The molecule has 1 saturated heterocycles. The van der Waals surface area contributed by atoms with Crippen LogP contribution in [0.3, 0.4) is 0 Å². The first-order valence-corrected chi connectivity index (χ1v) is 8.39. The third-order valence-electron chi connectivity index (χ3n) is 4.28. The summed E-state index contributed by atoms with van der Waals surface area (Å²) < 4.78 is 5.39. The van der Waals surface area contributed by atoms with E-state index in [2.05, 4.69) is 5.32 Å². The van der Waals surface area contributed by atoms with Crippen molar-refractivity contribution in [1.82, 2.24) is 5.32 Å². The van der Waals surface area contributed by atoms with Gasteiger partial charge in [-0.1, -0.05) is 35.9 Å². The lowest BCUT2D eigenvalue weighted by molar-refractivity contribution is -0.139. The van der Waals surface area contributed by atoms with Crippen LogP contribution < -0.4 is 5.32 Å². The molecule has 2 aromatic carbocycles. The maximum Gasteiger partial charge on any atom is 0.330 e. The van der Waals surface area contributed by atoms with Gasteiger partial charge in [-0.25, -0.2) is 4.79 Å². The van der Waals surface area contributed by atoms with Crippen molar-refractivity contribution in [1.29, 1.82) is 0 Å². The zero-order valence-electron chi connectivity index (χ0n) is 13.4. The average molecular weight is 360 g/mol. The van der Waals surface area contributed by atoms with Gasteiger partial charge in [-0.15, -0.1) is 0 Å². The van der Waals surface area contributed by atoms with E-state index < -0.39 is 17.9 Å². The van der Waals surface area contributed by atoms with E-state index in [9.17, 15) is 14.7 Å². The van der Waals surface area contributed by atoms with Gasteiger partial charge in [-0.3, -0.25) is 4.79 Å². The van der Waals surface area contributed by atoms with Gasteiger partial charge < -0.3 is 15.2 Å². The molecule has 0 bridgehead atoms. The fourth-order valence-corrected chi connectivity index (χ4v) is 3.01. The second kappa shape index (κ2) is 7.68. The van der Waals surface area contributed by atoms with Crippen LogP contribution in [-0.2, 0) is 9.53 Å². The number of carbonyl (C=O) groups is 2. The largest absolute Gasteiger partial charge is 0.479 e. The molecule has 130 valence electrons. The van der Waals surface area contributed by atoms with E-state index in [0.717, 1.165) is 18.6 Å². The van der Waals surface area contributed by atoms with Crippen molar-refractivity contribution < 1.29 is 19.4 Å². The summed E-state index contributed by atoms with van der Waals surface area (Å²) in [5.74, 6) is -1.28. The van der Waals surface area contributed by atoms with Gasteiger partial charge in [-0.2, -0.15) is 0 Å². The molecular formula is C19H18ClNO4. The molecule has 2 atom stereocenters. The van der Waals surface area contributed by atoms with Crippen molar-refractivity contribution in [3.63, 3.8) is 0 Å². The molecule has 3 rings (SSSR count). The van der Waals surface area contributed by atoms with E-state index in [0.29, 0.717) is 22.8 Å². The Morgan fingerprint density at radius 2 is 1.96 bits per heavy atom. The summed E-state index contributed by atoms with van der Waals surface area (Å²) in [6, 6.07) is 12.5. The highest BCUT2D eigenvalue weighted by molar-refractivity contribution is 6.30. The van der Waals surface area contributed by atoms with Gasteiger partial charge in [0.05, 0.1) is 6.61 Å². The first-order valence-electron chi connectivity index (χ1n) is 8.01. The number of halogens is 1. The second-order valence-electron chi connectivity index (χ2n) is 5.98. The van der Waals surface area contributed by atoms with E-state index in [1.54, 1.807) is 42.5 Å². The maximum atomic E-state index is 12.5. The van der Waals surface area contributed by atoms with E-state index >= 15 is 0 Å². The number of ether oxygens (including phenoxy) is 1. The summed E-state index contributed by atoms with van der Waals surface area (Å²) in [6.07, 6.45) is 0.924. The van der Waals surface area contributed by atoms with Crippen LogP contribution in [0.1, 0.15) is 39.9 Å². The number of hydrogen-bond donors (Lipinski definition) is 2. The molecule has 25 heavy (non-hydrogen) atoms. The van der Waals surface area contributed by atoms with Crippen LogP contribution in [-0.4, -0.2) is 30.2 Å². The minimum absolute atomic E-state index is 0.277. The summed E-state index contributed by atoms with van der Waals surface area (Å²) >= 11 is 5.83. The first kappa shape index (κ1) is 17.5. The minimum Gasteiger partial charge on any atom is -0.479 e. The molecule has 1 aliphatic rings. The van der Waals surface area contributed by atoms with Crippen molar-refractivity contribution in [3.8, 4) is 0 Å². The molecule has 1 aliphatic heterocycles. The molecule has 0 saturated carbocycles. The lowest BCUT2D eigenvalue weighted by Crippen LogP contribution is -2.33. The van der Waals surface area contributed by atoms with Crippen LogP contribution in [0, 0.1) is 0 Å². The highest BCUT2D eigenvalue weighted by atomic mass is 35.5. The van der Waals surface area contributed by atoms with E-state index in [4.69, 9.17) is 16.3 Å². The van der Waals surface area contributed by atoms with Gasteiger partial charge in [0.15, 0.2) is 6.04 Å². The lowest BCUT2D eigenvalue weighted by atomic mass is 9.96. The van der Waals surface area contributed by atoms with Crippen LogP contribution >= 0.6 is 11.6 Å². The quantitative estimate of drug-likeness (QED) is 0.857. The van der Waals surface area contributed by atoms with Crippen molar-refractivity contribution in [3.05, 3.63) is 70.2 Å². The fourth-order valence-electron chi connectivity index (χ4n) is 2.89. The van der Waals surface area contributed by atoms with Crippen LogP contribution in [0.5, 0.6) is 0 Å². The zero-order chi connectivity index (χ0) is 17.8. The molecule has 0 spiro atoms. The molecule has 2 N–H and O–H groups in total. The summed E-state index contributed by atoms with van der Waals surface area (Å²) in [5.41, 5.74) is 1.93. The van der Waals surface area contributed by atoms with Crippen molar-refractivity contribution >= 4 is 23.5 Å². The number of nitrogens with one attached hydrogen (secondary N) is 1. The van der Waals surface area contributed by atoms with E-state index in [1.165, 1.54) is 0 Å². The Hall–Kier alpha value is -2.37. The van der Waals surface area contributed by atoms with Crippen LogP contribution in [0.2, 0.25) is 5.02 Å². The molecule has 6 heteroatoms. The molecule has 5 nitrogen and oxygen atoms in total. The van der Waals surface area contributed by atoms with Gasteiger partial charge >= 0.3 is 5.97 Å². The van der Waals surface area contributed by atoms with Gasteiger partial charge in [0, 0.05) is 23.1 Å². The Labute approximate surface area is 150 Å². The van der Waals surface area contributed by atoms with Crippen LogP contribution in [0.25, 0.3) is 0 Å². The van der Waals surface area contributed by atoms with Crippen LogP contribution in [0.15, 0.2) is 48.5 Å². The normalized spacial score (nSPS) is 17.9. The molecule has 2 aromatic rings. The lowest BCUT2D eigenvalue weighted by Gasteiger charge is -2.16. The summed E-state index contributed by atoms with van der Waals surface area (Å²) in [4.78, 5) is 24.1. The number of amides is 1. The van der Waals surface area contributed by atoms with Crippen molar-refractivity contribution in [2.24, 2.45) is 0 Å². The number of benzene rings is 2. The molecular weight excluding hydrogens is 342 g/mol. The van der Waals surface area contributed by atoms with Gasteiger partial charge in [0.25, 0.3) is 5.91 Å². The number of carboxylic acids is 1. The monoisotopic (exact) mass is 359 g/mol. The molecule has 1 amide bonds. The van der Waals surface area contributed by atoms with Crippen molar-refractivity contribution in [2.75, 3.05) is 13.2 Å². The molecule has 0 aliphatic carbocycles. The SMILES string of the molecule is O=C(NC(C(=O)O)c1ccc(Cl)cc1)c1cccc(C2CCOC2)c1. The fraction of sp³-hybridized carbons (Fsp3) is 0.263. The maximum absolute atomic E-state index is 12.5. The molecule has 0 aromatic heterocycles. The molecule has 0 radical (unpaired) electrons. The average Bonchev–Trinajstić information content (AvgIpc) is 3.15. The minimum atomic E-state index is -1.14. The summed E-state index contributed by atoms with van der Waals surface area (Å²) in [7, 11) is 0. The zero-order valence-corrected chi connectivity index (χ0v) is 14.2. The van der Waals surface area contributed by atoms with Gasteiger partial charge in [-0.05, 0) is 41.8 Å². The van der Waals surface area contributed by atoms with E-state index in [1.807, 2.05) is 6.07 Å².